The number of benzene rings is 2. The number of hydrogen-bond donors (Lipinski definition) is 1. The summed E-state index contributed by atoms with van der Waals surface area (Å²) in [7, 11) is 0. The van der Waals surface area contributed by atoms with Crippen LogP contribution in [0.2, 0.25) is 0 Å². The predicted molar refractivity (Wildman–Crippen MR) is 94.6 cm³/mol. The molecular formula is C19H22N2O3. The van der Waals surface area contributed by atoms with Crippen LogP contribution in [-0.2, 0) is 4.79 Å². The summed E-state index contributed by atoms with van der Waals surface area (Å²) >= 11 is 0. The van der Waals surface area contributed by atoms with E-state index in [4.69, 9.17) is 9.47 Å². The summed E-state index contributed by atoms with van der Waals surface area (Å²) in [6, 6.07) is 15.5. The highest BCUT2D eigenvalue weighted by atomic mass is 16.5. The molecule has 0 fully saturated rings. The van der Waals surface area contributed by atoms with Gasteiger partial charge in [-0.2, -0.15) is 5.10 Å². The van der Waals surface area contributed by atoms with E-state index < -0.39 is 0 Å². The van der Waals surface area contributed by atoms with Crippen molar-refractivity contribution in [1.82, 2.24) is 5.43 Å². The molecule has 0 aliphatic rings. The molecule has 1 N–H and O–H groups in total. The Morgan fingerprint density at radius 2 is 1.67 bits per heavy atom. The summed E-state index contributed by atoms with van der Waals surface area (Å²) in [5.74, 6) is 1.42. The minimum Gasteiger partial charge on any atom is -0.493 e. The van der Waals surface area contributed by atoms with Crippen molar-refractivity contribution < 1.29 is 14.3 Å². The number of aryl methyl sites for hydroxylation is 1. The van der Waals surface area contributed by atoms with E-state index in [9.17, 15) is 4.79 Å². The van der Waals surface area contributed by atoms with Crippen molar-refractivity contribution >= 4 is 12.1 Å². The maximum Gasteiger partial charge on any atom is 0.236 e. The van der Waals surface area contributed by atoms with Crippen molar-refractivity contribution in [3.05, 3.63) is 59.7 Å². The Morgan fingerprint density at radius 3 is 2.38 bits per heavy atom. The largest absolute Gasteiger partial charge is 0.493 e. The van der Waals surface area contributed by atoms with Crippen molar-refractivity contribution in [2.75, 3.05) is 13.2 Å². The number of para-hydroxylation sites is 2. The van der Waals surface area contributed by atoms with Crippen LogP contribution >= 0.6 is 0 Å². The van der Waals surface area contributed by atoms with E-state index in [1.807, 2.05) is 55.5 Å². The molecule has 5 nitrogen and oxygen atoms in total. The summed E-state index contributed by atoms with van der Waals surface area (Å²) < 4.78 is 11.5. The number of hydrazone groups is 1. The van der Waals surface area contributed by atoms with Gasteiger partial charge in [0.25, 0.3) is 0 Å². The van der Waals surface area contributed by atoms with Crippen molar-refractivity contribution in [2.24, 2.45) is 5.10 Å². The molecule has 2 rings (SSSR count). The summed E-state index contributed by atoms with van der Waals surface area (Å²) in [6.07, 6.45) is 2.34. The average molecular weight is 326 g/mol. The molecule has 2 aromatic rings. The maximum absolute atomic E-state index is 10.8. The smallest absolute Gasteiger partial charge is 0.236 e. The highest BCUT2D eigenvalue weighted by molar-refractivity contribution is 5.84. The molecule has 24 heavy (non-hydrogen) atoms. The lowest BCUT2D eigenvalue weighted by Gasteiger charge is -2.11. The van der Waals surface area contributed by atoms with Crippen LogP contribution in [-0.4, -0.2) is 25.3 Å². The number of ether oxygens (including phenoxy) is 2. The maximum atomic E-state index is 10.8. The number of carbonyl (C=O) groups excluding carboxylic acids is 1. The molecule has 0 atom stereocenters. The van der Waals surface area contributed by atoms with Gasteiger partial charge in [0.1, 0.15) is 11.5 Å². The van der Waals surface area contributed by atoms with Crippen LogP contribution in [0.25, 0.3) is 0 Å². The van der Waals surface area contributed by atoms with Gasteiger partial charge < -0.3 is 9.47 Å². The molecule has 0 aliphatic carbocycles. The Bertz CT molecular complexity index is 699. The first-order chi connectivity index (χ1) is 11.7. The third-order valence-corrected chi connectivity index (χ3v) is 3.24. The van der Waals surface area contributed by atoms with Gasteiger partial charge in [-0.1, -0.05) is 30.3 Å². The van der Waals surface area contributed by atoms with Crippen LogP contribution in [0.4, 0.5) is 0 Å². The molecule has 0 aliphatic heterocycles. The summed E-state index contributed by atoms with van der Waals surface area (Å²) in [4.78, 5) is 10.8. The number of nitrogens with one attached hydrogen (secondary N) is 1. The van der Waals surface area contributed by atoms with E-state index in [0.717, 1.165) is 29.0 Å². The second-order valence-corrected chi connectivity index (χ2v) is 5.28. The lowest BCUT2D eigenvalue weighted by atomic mass is 10.2. The quantitative estimate of drug-likeness (QED) is 0.460. The Morgan fingerprint density at radius 1 is 1.04 bits per heavy atom. The third kappa shape index (κ3) is 5.76. The van der Waals surface area contributed by atoms with E-state index in [-0.39, 0.29) is 5.91 Å². The van der Waals surface area contributed by atoms with E-state index in [2.05, 4.69) is 10.5 Å². The molecule has 0 unspecified atom stereocenters. The molecule has 1 amide bonds. The first kappa shape index (κ1) is 17.5. The molecule has 0 saturated carbocycles. The second-order valence-electron chi connectivity index (χ2n) is 5.28. The Kier molecular flexibility index (Phi) is 6.83. The monoisotopic (exact) mass is 326 g/mol. The van der Waals surface area contributed by atoms with Crippen molar-refractivity contribution in [2.45, 2.75) is 20.3 Å². The molecule has 5 heteroatoms. The molecule has 0 radical (unpaired) electrons. The third-order valence-electron chi connectivity index (χ3n) is 3.24. The molecule has 0 heterocycles. The lowest BCUT2D eigenvalue weighted by Crippen LogP contribution is -2.12. The molecule has 126 valence electrons. The van der Waals surface area contributed by atoms with E-state index in [1.54, 1.807) is 6.21 Å². The average Bonchev–Trinajstić information content (AvgIpc) is 2.57. The number of nitrogens with zero attached hydrogens (tertiary/aromatic N) is 1. The van der Waals surface area contributed by atoms with Crippen LogP contribution in [0.1, 0.15) is 24.5 Å². The summed E-state index contributed by atoms with van der Waals surface area (Å²) in [6.45, 7) is 4.56. The highest BCUT2D eigenvalue weighted by Crippen LogP contribution is 2.17. The van der Waals surface area contributed by atoms with Gasteiger partial charge in [0.2, 0.25) is 5.91 Å². The molecule has 0 spiro atoms. The first-order valence-electron chi connectivity index (χ1n) is 7.86. The first-order valence-corrected chi connectivity index (χ1v) is 7.86. The van der Waals surface area contributed by atoms with E-state index in [0.29, 0.717) is 13.2 Å². The van der Waals surface area contributed by atoms with Gasteiger partial charge in [-0.15, -0.1) is 0 Å². The molecule has 0 aromatic heterocycles. The molecule has 2 aromatic carbocycles. The van der Waals surface area contributed by atoms with Gasteiger partial charge >= 0.3 is 0 Å². The second kappa shape index (κ2) is 9.35. The zero-order chi connectivity index (χ0) is 17.2. The molecule has 0 bridgehead atoms. The number of carbonyl (C=O) groups is 1. The van der Waals surface area contributed by atoms with Gasteiger partial charge in [-0.05, 0) is 30.7 Å². The van der Waals surface area contributed by atoms with E-state index >= 15 is 0 Å². The van der Waals surface area contributed by atoms with Crippen molar-refractivity contribution in [3.8, 4) is 11.5 Å². The fourth-order valence-corrected chi connectivity index (χ4v) is 2.05. The van der Waals surface area contributed by atoms with E-state index in [1.165, 1.54) is 6.92 Å². The van der Waals surface area contributed by atoms with Gasteiger partial charge in [0.05, 0.1) is 19.4 Å². The minimum absolute atomic E-state index is 0.210. The van der Waals surface area contributed by atoms with Crippen molar-refractivity contribution in [1.29, 1.82) is 0 Å². The van der Waals surface area contributed by atoms with Crippen LogP contribution in [0.15, 0.2) is 53.6 Å². The zero-order valence-corrected chi connectivity index (χ0v) is 14.0. The highest BCUT2D eigenvalue weighted by Gasteiger charge is 2.01. The number of amides is 1. The van der Waals surface area contributed by atoms with Crippen molar-refractivity contribution in [3.63, 3.8) is 0 Å². The fraction of sp³-hybridized carbons (Fsp3) is 0.263. The van der Waals surface area contributed by atoms with Crippen LogP contribution < -0.4 is 14.9 Å². The number of hydrogen-bond acceptors (Lipinski definition) is 4. The lowest BCUT2D eigenvalue weighted by molar-refractivity contribution is -0.118. The van der Waals surface area contributed by atoms with Crippen LogP contribution in [0.3, 0.4) is 0 Å². The Balaban J connectivity index is 1.79. The standard InChI is InChI=1S/C19H22N2O3/c1-15-8-3-5-10-18(15)23-12-7-13-24-19-11-6-4-9-17(19)14-20-21-16(2)22/h3-6,8-11,14H,7,12-13H2,1-2H3,(H,21,22). The number of rotatable bonds is 8. The zero-order valence-electron chi connectivity index (χ0n) is 14.0. The van der Waals surface area contributed by atoms with Gasteiger partial charge in [-0.25, -0.2) is 5.43 Å². The van der Waals surface area contributed by atoms with Gasteiger partial charge in [-0.3, -0.25) is 4.79 Å². The summed E-state index contributed by atoms with van der Waals surface area (Å²) in [5.41, 5.74) is 4.31. The van der Waals surface area contributed by atoms with Crippen LogP contribution in [0.5, 0.6) is 11.5 Å². The minimum atomic E-state index is -0.210. The van der Waals surface area contributed by atoms with Gasteiger partial charge in [0, 0.05) is 18.9 Å². The fourth-order valence-electron chi connectivity index (χ4n) is 2.05. The SMILES string of the molecule is CC(=O)NN=Cc1ccccc1OCCCOc1ccccc1C. The topological polar surface area (TPSA) is 59.9 Å². The van der Waals surface area contributed by atoms with Crippen LogP contribution in [0, 0.1) is 6.92 Å². The predicted octanol–water partition coefficient (Wildman–Crippen LogP) is 3.31. The Labute approximate surface area is 142 Å². The summed E-state index contributed by atoms with van der Waals surface area (Å²) in [5, 5.41) is 3.87. The Hall–Kier alpha value is -2.82. The van der Waals surface area contributed by atoms with Gasteiger partial charge in [0.15, 0.2) is 0 Å². The molecule has 0 saturated heterocycles. The molecular weight excluding hydrogens is 304 g/mol. The normalized spacial score (nSPS) is 10.6.